The first kappa shape index (κ1) is 23.3. The third kappa shape index (κ3) is 3.66. The molecule has 0 unspecified atom stereocenters. The molecule has 41 heavy (non-hydrogen) atoms. The Morgan fingerprint density at radius 2 is 1.68 bits per heavy atom. The van der Waals surface area contributed by atoms with Crippen molar-refractivity contribution in [3.63, 3.8) is 0 Å². The van der Waals surface area contributed by atoms with Crippen molar-refractivity contribution < 1.29 is 4.74 Å². The van der Waals surface area contributed by atoms with Crippen LogP contribution in [0.25, 0.3) is 50.3 Å². The minimum Gasteiger partial charge on any atom is -0.478 e. The fraction of sp³-hybridized carbons (Fsp3) is 0.387. The van der Waals surface area contributed by atoms with Crippen LogP contribution in [0, 0.1) is 0 Å². The van der Waals surface area contributed by atoms with Crippen LogP contribution in [0.15, 0.2) is 42.9 Å². The van der Waals surface area contributed by atoms with E-state index in [4.69, 9.17) is 19.8 Å². The first-order valence-electron chi connectivity index (χ1n) is 14.6. The van der Waals surface area contributed by atoms with Crippen molar-refractivity contribution in [1.82, 2.24) is 43.9 Å². The molecule has 0 atom stereocenters. The standard InChI is InChI=1S/C31H31N9O/c1-37-14-19-13-22(26(17-7-8-17)32-29(19)35-37)30-33-27(28(38(30)2)18-9-10-18)21-5-4-6-24-23(21)15-40(34-24)25-16-39(20-11-12-20)36-31(25)41-3/h4-6,13-18,20H,7-12H2,1-3H3. The van der Waals surface area contributed by atoms with E-state index in [9.17, 15) is 0 Å². The number of pyridine rings is 1. The average molecular weight is 546 g/mol. The van der Waals surface area contributed by atoms with Gasteiger partial charge in [-0.15, -0.1) is 5.10 Å². The predicted octanol–water partition coefficient (Wildman–Crippen LogP) is 5.67. The molecule has 3 aliphatic rings. The summed E-state index contributed by atoms with van der Waals surface area (Å²) in [4.78, 5) is 10.5. The van der Waals surface area contributed by atoms with E-state index in [1.807, 2.05) is 27.3 Å². The molecule has 0 N–H and O–H groups in total. The second kappa shape index (κ2) is 8.28. The van der Waals surface area contributed by atoms with Crippen LogP contribution in [-0.2, 0) is 14.1 Å². The van der Waals surface area contributed by atoms with Crippen molar-refractivity contribution in [2.24, 2.45) is 14.1 Å². The van der Waals surface area contributed by atoms with Gasteiger partial charge in [0.25, 0.3) is 5.88 Å². The number of aryl methyl sites for hydroxylation is 1. The molecule has 1 aromatic carbocycles. The van der Waals surface area contributed by atoms with Gasteiger partial charge in [0.15, 0.2) is 5.65 Å². The lowest BCUT2D eigenvalue weighted by molar-refractivity contribution is 0.386. The molecular formula is C31H31N9O. The molecule has 0 spiro atoms. The average Bonchev–Trinajstić information content (AvgIpc) is 3.92. The maximum absolute atomic E-state index is 5.64. The largest absolute Gasteiger partial charge is 0.478 e. The van der Waals surface area contributed by atoms with Gasteiger partial charge in [0, 0.05) is 65.9 Å². The summed E-state index contributed by atoms with van der Waals surface area (Å²) in [6.07, 6.45) is 13.2. The number of rotatable bonds is 7. The third-order valence-corrected chi connectivity index (χ3v) is 8.79. The van der Waals surface area contributed by atoms with Crippen molar-refractivity contribution in [2.75, 3.05) is 7.11 Å². The van der Waals surface area contributed by atoms with Crippen LogP contribution in [0.3, 0.4) is 0 Å². The molecule has 3 saturated carbocycles. The quantitative estimate of drug-likeness (QED) is 0.257. The van der Waals surface area contributed by atoms with Crippen LogP contribution in [0.2, 0.25) is 0 Å². The van der Waals surface area contributed by atoms with Crippen molar-refractivity contribution in [3.05, 3.63) is 54.2 Å². The van der Waals surface area contributed by atoms with Crippen LogP contribution in [0.1, 0.15) is 67.8 Å². The number of ether oxygens (including phenoxy) is 1. The van der Waals surface area contributed by atoms with E-state index >= 15 is 0 Å². The number of benzene rings is 1. The van der Waals surface area contributed by atoms with Gasteiger partial charge in [-0.3, -0.25) is 9.36 Å². The number of hydrogen-bond donors (Lipinski definition) is 0. The van der Waals surface area contributed by atoms with Crippen LogP contribution in [0.5, 0.6) is 5.88 Å². The van der Waals surface area contributed by atoms with E-state index in [0.29, 0.717) is 23.8 Å². The first-order valence-corrected chi connectivity index (χ1v) is 14.6. The smallest absolute Gasteiger partial charge is 0.258 e. The summed E-state index contributed by atoms with van der Waals surface area (Å²) in [7, 11) is 5.79. The molecule has 0 bridgehead atoms. The minimum atomic E-state index is 0.465. The van der Waals surface area contributed by atoms with E-state index in [0.717, 1.165) is 68.8 Å². The van der Waals surface area contributed by atoms with Crippen LogP contribution < -0.4 is 4.74 Å². The third-order valence-electron chi connectivity index (χ3n) is 8.79. The highest BCUT2D eigenvalue weighted by molar-refractivity contribution is 5.95. The second-order valence-corrected chi connectivity index (χ2v) is 12.0. The Bertz CT molecular complexity index is 1990. The molecular weight excluding hydrogens is 514 g/mol. The monoisotopic (exact) mass is 545 g/mol. The van der Waals surface area contributed by atoms with Gasteiger partial charge >= 0.3 is 0 Å². The summed E-state index contributed by atoms with van der Waals surface area (Å²) in [5.41, 5.74) is 8.30. The number of aromatic nitrogens is 9. The topological polar surface area (TPSA) is 93.4 Å². The van der Waals surface area contributed by atoms with Gasteiger partial charge in [-0.05, 0) is 50.7 Å². The van der Waals surface area contributed by atoms with Gasteiger partial charge in [0.1, 0.15) is 11.5 Å². The Kier molecular flexibility index (Phi) is 4.70. The number of hydrogen-bond acceptors (Lipinski definition) is 6. The van der Waals surface area contributed by atoms with E-state index in [2.05, 4.69) is 58.5 Å². The zero-order valence-corrected chi connectivity index (χ0v) is 23.4. The Morgan fingerprint density at radius 3 is 2.44 bits per heavy atom. The Hall–Kier alpha value is -4.47. The summed E-state index contributed by atoms with van der Waals surface area (Å²) in [5, 5.41) is 16.3. The molecule has 10 nitrogen and oxygen atoms in total. The SMILES string of the molecule is COc1nn(C2CC2)cc1-n1cc2c(-c3nc(-c4cc5cn(C)nc5nc4C4CC4)n(C)c3C3CC3)cccc2n1. The number of fused-ring (bicyclic) bond motifs is 2. The van der Waals surface area contributed by atoms with Gasteiger partial charge in [-0.1, -0.05) is 12.1 Å². The van der Waals surface area contributed by atoms with E-state index in [-0.39, 0.29) is 0 Å². The van der Waals surface area contributed by atoms with Gasteiger partial charge < -0.3 is 9.30 Å². The number of methoxy groups -OCH3 is 1. The Labute approximate surface area is 236 Å². The second-order valence-electron chi connectivity index (χ2n) is 12.0. The molecule has 3 fully saturated rings. The lowest BCUT2D eigenvalue weighted by atomic mass is 10.0. The molecule has 206 valence electrons. The zero-order chi connectivity index (χ0) is 27.4. The first-order chi connectivity index (χ1) is 20.1. The van der Waals surface area contributed by atoms with Gasteiger partial charge in [0.05, 0.1) is 36.3 Å². The molecule has 6 aromatic rings. The zero-order valence-electron chi connectivity index (χ0n) is 23.4. The van der Waals surface area contributed by atoms with Crippen LogP contribution in [-0.4, -0.2) is 51.0 Å². The van der Waals surface area contributed by atoms with Crippen molar-refractivity contribution >= 4 is 21.9 Å². The highest BCUT2D eigenvalue weighted by atomic mass is 16.5. The lowest BCUT2D eigenvalue weighted by Gasteiger charge is -2.10. The molecule has 0 amide bonds. The van der Waals surface area contributed by atoms with Gasteiger partial charge in [0.2, 0.25) is 0 Å². The molecule has 10 heteroatoms. The molecule has 0 radical (unpaired) electrons. The molecule has 0 aliphatic heterocycles. The fourth-order valence-corrected chi connectivity index (χ4v) is 6.28. The summed E-state index contributed by atoms with van der Waals surface area (Å²) in [6.45, 7) is 0. The van der Waals surface area contributed by atoms with Gasteiger partial charge in [-0.2, -0.15) is 10.2 Å². The minimum absolute atomic E-state index is 0.465. The fourth-order valence-electron chi connectivity index (χ4n) is 6.28. The highest BCUT2D eigenvalue weighted by Crippen LogP contribution is 2.49. The summed E-state index contributed by atoms with van der Waals surface area (Å²) in [6, 6.07) is 9.05. The lowest BCUT2D eigenvalue weighted by Crippen LogP contribution is -2.01. The van der Waals surface area contributed by atoms with E-state index in [1.54, 1.807) is 7.11 Å². The molecule has 5 heterocycles. The predicted molar refractivity (Wildman–Crippen MR) is 155 cm³/mol. The normalized spacial score (nSPS) is 17.2. The molecule has 5 aromatic heterocycles. The Balaban J connectivity index is 1.22. The highest BCUT2D eigenvalue weighted by Gasteiger charge is 2.35. The van der Waals surface area contributed by atoms with Crippen molar-refractivity contribution in [3.8, 4) is 34.2 Å². The van der Waals surface area contributed by atoms with Crippen LogP contribution in [0.4, 0.5) is 0 Å². The summed E-state index contributed by atoms with van der Waals surface area (Å²) >= 11 is 0. The summed E-state index contributed by atoms with van der Waals surface area (Å²) < 4.78 is 13.7. The molecule has 3 aliphatic carbocycles. The molecule has 0 saturated heterocycles. The van der Waals surface area contributed by atoms with E-state index < -0.39 is 0 Å². The van der Waals surface area contributed by atoms with E-state index in [1.165, 1.54) is 31.4 Å². The Morgan fingerprint density at radius 1 is 0.854 bits per heavy atom. The van der Waals surface area contributed by atoms with Crippen molar-refractivity contribution in [2.45, 2.75) is 56.4 Å². The number of imidazole rings is 1. The maximum atomic E-state index is 5.64. The van der Waals surface area contributed by atoms with Crippen molar-refractivity contribution in [1.29, 1.82) is 0 Å². The number of nitrogens with zero attached hydrogens (tertiary/aromatic N) is 9. The molecule has 9 rings (SSSR count). The van der Waals surface area contributed by atoms with Gasteiger partial charge in [-0.25, -0.2) is 14.6 Å². The summed E-state index contributed by atoms with van der Waals surface area (Å²) in [5.74, 6) is 2.57. The van der Waals surface area contributed by atoms with Crippen LogP contribution >= 0.6 is 0 Å². The maximum Gasteiger partial charge on any atom is 0.258 e.